The van der Waals surface area contributed by atoms with Crippen molar-refractivity contribution in [3.8, 4) is 0 Å². The first kappa shape index (κ1) is 15.0. The van der Waals surface area contributed by atoms with Gasteiger partial charge in [-0.25, -0.2) is 4.98 Å². The largest absolute Gasteiger partial charge is 0.451 e. The van der Waals surface area contributed by atoms with Crippen LogP contribution in [0.25, 0.3) is 11.0 Å². The smallest absolute Gasteiger partial charge is 0.289 e. The average Bonchev–Trinajstić information content (AvgIpc) is 3.27. The van der Waals surface area contributed by atoms with Gasteiger partial charge in [0.2, 0.25) is 0 Å². The van der Waals surface area contributed by atoms with Gasteiger partial charge in [0, 0.05) is 37.3 Å². The average molecular weight is 323 g/mol. The molecule has 1 aromatic carbocycles. The third kappa shape index (κ3) is 2.60. The Balaban J connectivity index is 1.56. The lowest BCUT2D eigenvalue weighted by molar-refractivity contribution is 0.0648. The fourth-order valence-electron chi connectivity index (χ4n) is 3.56. The predicted octanol–water partition coefficient (Wildman–Crippen LogP) is 3.67. The molecule has 0 N–H and O–H groups in total. The Morgan fingerprint density at radius 2 is 2.25 bits per heavy atom. The van der Waals surface area contributed by atoms with Gasteiger partial charge in [-0.05, 0) is 25.0 Å². The summed E-state index contributed by atoms with van der Waals surface area (Å²) >= 11 is 0. The van der Waals surface area contributed by atoms with Gasteiger partial charge in [0.15, 0.2) is 5.76 Å². The van der Waals surface area contributed by atoms with Gasteiger partial charge in [0.1, 0.15) is 11.4 Å². The molecule has 0 spiro atoms. The maximum atomic E-state index is 12.8. The van der Waals surface area contributed by atoms with Gasteiger partial charge < -0.3 is 13.9 Å². The number of carbonyl (C=O) groups excluding carboxylic acids is 1. The summed E-state index contributed by atoms with van der Waals surface area (Å²) in [5, 5.41) is 0.970. The van der Waals surface area contributed by atoms with Crippen molar-refractivity contribution in [2.24, 2.45) is 0 Å². The lowest BCUT2D eigenvalue weighted by atomic mass is 10.0. The molecule has 1 aliphatic heterocycles. The molecule has 1 atom stereocenters. The summed E-state index contributed by atoms with van der Waals surface area (Å²) in [6, 6.07) is 9.87. The fraction of sp³-hybridized carbons (Fsp3) is 0.368. The van der Waals surface area contributed by atoms with Gasteiger partial charge in [0.25, 0.3) is 5.91 Å². The van der Waals surface area contributed by atoms with Crippen LogP contribution in [-0.2, 0) is 6.42 Å². The van der Waals surface area contributed by atoms with Crippen LogP contribution in [0, 0.1) is 0 Å². The van der Waals surface area contributed by atoms with Crippen LogP contribution in [-0.4, -0.2) is 33.4 Å². The first-order valence-electron chi connectivity index (χ1n) is 8.56. The Morgan fingerprint density at radius 3 is 3.08 bits per heavy atom. The number of hydrogen-bond acceptors (Lipinski definition) is 3. The van der Waals surface area contributed by atoms with E-state index in [1.165, 1.54) is 0 Å². The second kappa shape index (κ2) is 6.15. The lowest BCUT2D eigenvalue weighted by Gasteiger charge is -2.33. The molecule has 1 unspecified atom stereocenters. The zero-order valence-electron chi connectivity index (χ0n) is 13.8. The monoisotopic (exact) mass is 323 g/mol. The first-order valence-corrected chi connectivity index (χ1v) is 8.56. The highest BCUT2D eigenvalue weighted by Gasteiger charge is 2.28. The number of aromatic nitrogens is 2. The van der Waals surface area contributed by atoms with Crippen LogP contribution in [0.15, 0.2) is 47.1 Å². The van der Waals surface area contributed by atoms with Gasteiger partial charge >= 0.3 is 0 Å². The molecular formula is C19H21N3O2. The maximum absolute atomic E-state index is 12.8. The van der Waals surface area contributed by atoms with E-state index >= 15 is 0 Å². The number of hydrogen-bond donors (Lipinski definition) is 0. The van der Waals surface area contributed by atoms with Crippen molar-refractivity contribution >= 4 is 16.9 Å². The summed E-state index contributed by atoms with van der Waals surface area (Å²) in [5.41, 5.74) is 0.761. The molecule has 1 fully saturated rings. The SMILES string of the molecule is CCc1nccn1C1CCCN(C(=O)c2cc3ccccc3o2)C1. The van der Waals surface area contributed by atoms with Crippen molar-refractivity contribution in [2.45, 2.75) is 32.2 Å². The van der Waals surface area contributed by atoms with Crippen LogP contribution < -0.4 is 0 Å². The van der Waals surface area contributed by atoms with Crippen molar-refractivity contribution < 1.29 is 9.21 Å². The molecule has 1 amide bonds. The van der Waals surface area contributed by atoms with Crippen LogP contribution in [0.4, 0.5) is 0 Å². The van der Waals surface area contributed by atoms with Crippen molar-refractivity contribution in [3.05, 3.63) is 54.3 Å². The van der Waals surface area contributed by atoms with E-state index in [-0.39, 0.29) is 5.91 Å². The van der Waals surface area contributed by atoms with Crippen LogP contribution in [0.2, 0.25) is 0 Å². The molecule has 1 aliphatic rings. The van der Waals surface area contributed by atoms with Gasteiger partial charge in [0.05, 0.1) is 6.04 Å². The third-order valence-electron chi connectivity index (χ3n) is 4.78. The Labute approximate surface area is 140 Å². The van der Waals surface area contributed by atoms with Crippen molar-refractivity contribution in [1.29, 1.82) is 0 Å². The Hall–Kier alpha value is -2.56. The fourth-order valence-corrected chi connectivity index (χ4v) is 3.56. The molecule has 2 aromatic heterocycles. The van der Waals surface area contributed by atoms with Gasteiger partial charge in [-0.3, -0.25) is 4.79 Å². The zero-order chi connectivity index (χ0) is 16.5. The maximum Gasteiger partial charge on any atom is 0.289 e. The predicted molar refractivity (Wildman–Crippen MR) is 92.0 cm³/mol. The summed E-state index contributed by atoms with van der Waals surface area (Å²) in [6.45, 7) is 3.60. The normalized spacial score (nSPS) is 18.2. The summed E-state index contributed by atoms with van der Waals surface area (Å²) in [6.07, 6.45) is 6.85. The van der Waals surface area contributed by atoms with Crippen molar-refractivity contribution in [1.82, 2.24) is 14.5 Å². The molecule has 124 valence electrons. The van der Waals surface area contributed by atoms with E-state index in [4.69, 9.17) is 4.42 Å². The quantitative estimate of drug-likeness (QED) is 0.739. The second-order valence-corrected chi connectivity index (χ2v) is 6.30. The van der Waals surface area contributed by atoms with E-state index in [2.05, 4.69) is 16.5 Å². The van der Waals surface area contributed by atoms with E-state index in [1.54, 1.807) is 0 Å². The molecule has 0 saturated carbocycles. The number of amides is 1. The summed E-state index contributed by atoms with van der Waals surface area (Å²) in [7, 11) is 0. The number of carbonyl (C=O) groups is 1. The number of nitrogens with zero attached hydrogens (tertiary/aromatic N) is 3. The number of likely N-dealkylation sites (tertiary alicyclic amines) is 1. The zero-order valence-corrected chi connectivity index (χ0v) is 13.8. The molecule has 5 nitrogen and oxygen atoms in total. The number of imidazole rings is 1. The second-order valence-electron chi connectivity index (χ2n) is 6.30. The number of piperidine rings is 1. The first-order chi connectivity index (χ1) is 11.8. The number of furan rings is 1. The van der Waals surface area contributed by atoms with Crippen molar-refractivity contribution in [3.63, 3.8) is 0 Å². The van der Waals surface area contributed by atoms with E-state index < -0.39 is 0 Å². The van der Waals surface area contributed by atoms with E-state index in [9.17, 15) is 4.79 Å². The van der Waals surface area contributed by atoms with Crippen LogP contribution >= 0.6 is 0 Å². The Kier molecular flexibility index (Phi) is 3.84. The summed E-state index contributed by atoms with van der Waals surface area (Å²) in [5.74, 6) is 1.49. The minimum Gasteiger partial charge on any atom is -0.451 e. The molecule has 0 aliphatic carbocycles. The Bertz CT molecular complexity index is 831. The van der Waals surface area contributed by atoms with Crippen molar-refractivity contribution in [2.75, 3.05) is 13.1 Å². The molecule has 1 saturated heterocycles. The highest BCUT2D eigenvalue weighted by Crippen LogP contribution is 2.26. The number of rotatable bonds is 3. The standard InChI is InChI=1S/C19H21N3O2/c1-2-18-20-9-11-22(18)15-7-5-10-21(13-15)19(23)17-12-14-6-3-4-8-16(14)24-17/h3-4,6,8-9,11-12,15H,2,5,7,10,13H2,1H3. The molecule has 0 radical (unpaired) electrons. The van der Waals surface area contributed by atoms with Crippen LogP contribution in [0.1, 0.15) is 42.2 Å². The molecular weight excluding hydrogens is 302 g/mol. The van der Waals surface area contributed by atoms with E-state index in [1.807, 2.05) is 47.6 Å². The highest BCUT2D eigenvalue weighted by atomic mass is 16.3. The lowest BCUT2D eigenvalue weighted by Crippen LogP contribution is -2.40. The minimum atomic E-state index is -0.0194. The van der Waals surface area contributed by atoms with Crippen LogP contribution in [0.5, 0.6) is 0 Å². The molecule has 0 bridgehead atoms. The third-order valence-corrected chi connectivity index (χ3v) is 4.78. The topological polar surface area (TPSA) is 51.3 Å². The van der Waals surface area contributed by atoms with E-state index in [0.717, 1.165) is 42.6 Å². The highest BCUT2D eigenvalue weighted by molar-refractivity contribution is 5.96. The summed E-state index contributed by atoms with van der Waals surface area (Å²) < 4.78 is 7.96. The molecule has 4 rings (SSSR count). The number of para-hydroxylation sites is 1. The molecule has 5 heteroatoms. The molecule has 3 heterocycles. The summed E-state index contributed by atoms with van der Waals surface area (Å²) in [4.78, 5) is 19.2. The van der Waals surface area contributed by atoms with E-state index in [0.29, 0.717) is 18.3 Å². The number of aryl methyl sites for hydroxylation is 1. The minimum absolute atomic E-state index is 0.0194. The van der Waals surface area contributed by atoms with Gasteiger partial charge in [-0.1, -0.05) is 25.1 Å². The van der Waals surface area contributed by atoms with Gasteiger partial charge in [-0.2, -0.15) is 0 Å². The number of benzene rings is 1. The Morgan fingerprint density at radius 1 is 1.38 bits per heavy atom. The van der Waals surface area contributed by atoms with Crippen LogP contribution in [0.3, 0.4) is 0 Å². The number of fused-ring (bicyclic) bond motifs is 1. The molecule has 3 aromatic rings. The molecule has 24 heavy (non-hydrogen) atoms. The van der Waals surface area contributed by atoms with Gasteiger partial charge in [-0.15, -0.1) is 0 Å².